The van der Waals surface area contributed by atoms with Gasteiger partial charge in [0.05, 0.1) is 6.20 Å². The van der Waals surface area contributed by atoms with E-state index in [9.17, 15) is 4.79 Å². The fourth-order valence-electron chi connectivity index (χ4n) is 2.13. The zero-order chi connectivity index (χ0) is 12.4. The summed E-state index contributed by atoms with van der Waals surface area (Å²) < 4.78 is 0. The highest BCUT2D eigenvalue weighted by Gasteiger charge is 2.21. The number of carbonyl (C=O) groups excluding carboxylic acids is 1. The van der Waals surface area contributed by atoms with Crippen LogP contribution >= 0.6 is 0 Å². The van der Waals surface area contributed by atoms with E-state index in [1.807, 2.05) is 30.3 Å². The third-order valence-corrected chi connectivity index (χ3v) is 3.11. The topological polar surface area (TPSA) is 51.0 Å². The van der Waals surface area contributed by atoms with E-state index in [4.69, 9.17) is 0 Å². The molecule has 1 aromatic heterocycles. The second kappa shape index (κ2) is 4.60. The summed E-state index contributed by atoms with van der Waals surface area (Å²) in [6.07, 6.45) is 3.76. The Hall–Kier alpha value is -2.17. The zero-order valence-corrected chi connectivity index (χ0v) is 9.99. The van der Waals surface area contributed by atoms with Crippen molar-refractivity contribution < 1.29 is 4.79 Å². The van der Waals surface area contributed by atoms with E-state index < -0.39 is 0 Å². The lowest BCUT2D eigenvalue weighted by Crippen LogP contribution is -2.33. The molecule has 5 heteroatoms. The maximum atomic E-state index is 12.1. The first kappa shape index (κ1) is 11.0. The molecule has 1 fully saturated rings. The Bertz CT molecular complexity index is 543. The minimum Gasteiger partial charge on any atom is -0.322 e. The number of nitrogens with zero attached hydrogens (tertiary/aromatic N) is 4. The molecular weight excluding hydrogens is 228 g/mol. The van der Waals surface area contributed by atoms with Gasteiger partial charge in [-0.1, -0.05) is 35.1 Å². The number of benzene rings is 1. The number of hydrogen-bond donors (Lipinski definition) is 0. The molecule has 18 heavy (non-hydrogen) atoms. The molecule has 0 N–H and O–H groups in total. The maximum absolute atomic E-state index is 12.1. The van der Waals surface area contributed by atoms with Crippen LogP contribution < -0.4 is 0 Å². The normalized spacial score (nSPS) is 15.0. The summed E-state index contributed by atoms with van der Waals surface area (Å²) in [4.78, 5) is 15.0. The highest BCUT2D eigenvalue weighted by atomic mass is 16.2. The van der Waals surface area contributed by atoms with Crippen molar-refractivity contribution in [3.63, 3.8) is 0 Å². The molecule has 2 heterocycles. The largest absolute Gasteiger partial charge is 0.362 e. The van der Waals surface area contributed by atoms with Gasteiger partial charge in [0.25, 0.3) is 0 Å². The summed E-state index contributed by atoms with van der Waals surface area (Å²) >= 11 is 0. The Kier molecular flexibility index (Phi) is 2.80. The summed E-state index contributed by atoms with van der Waals surface area (Å²) in [5.74, 6) is 0. The van der Waals surface area contributed by atoms with Crippen molar-refractivity contribution in [2.75, 3.05) is 13.1 Å². The monoisotopic (exact) mass is 242 g/mol. The predicted octanol–water partition coefficient (Wildman–Crippen LogP) is 2.01. The van der Waals surface area contributed by atoms with Crippen LogP contribution in [0.5, 0.6) is 0 Å². The third-order valence-electron chi connectivity index (χ3n) is 3.11. The number of aromatic nitrogens is 3. The molecule has 1 amide bonds. The number of carbonyl (C=O) groups is 1. The van der Waals surface area contributed by atoms with E-state index in [0.29, 0.717) is 0 Å². The second-order valence-corrected chi connectivity index (χ2v) is 4.36. The predicted molar refractivity (Wildman–Crippen MR) is 67.1 cm³/mol. The van der Waals surface area contributed by atoms with Crippen LogP contribution in [0.3, 0.4) is 0 Å². The van der Waals surface area contributed by atoms with Gasteiger partial charge in [0.15, 0.2) is 0 Å². The fraction of sp³-hybridized carbons (Fsp3) is 0.308. The lowest BCUT2D eigenvalue weighted by molar-refractivity contribution is 0.203. The molecule has 2 aromatic rings. The Balaban J connectivity index is 1.83. The van der Waals surface area contributed by atoms with E-state index in [-0.39, 0.29) is 6.03 Å². The molecule has 0 saturated carbocycles. The maximum Gasteiger partial charge on any atom is 0.362 e. The Labute approximate surface area is 105 Å². The molecule has 0 spiro atoms. The Morgan fingerprint density at radius 2 is 1.83 bits per heavy atom. The molecule has 1 aromatic carbocycles. The second-order valence-electron chi connectivity index (χ2n) is 4.36. The Morgan fingerprint density at radius 1 is 1.11 bits per heavy atom. The van der Waals surface area contributed by atoms with Crippen LogP contribution in [0.4, 0.5) is 4.79 Å². The molecule has 1 aliphatic rings. The van der Waals surface area contributed by atoms with Gasteiger partial charge >= 0.3 is 6.03 Å². The first-order valence-corrected chi connectivity index (χ1v) is 6.11. The molecular formula is C13H14N4O. The molecule has 3 rings (SSSR count). The summed E-state index contributed by atoms with van der Waals surface area (Å²) in [6.45, 7) is 1.61. The van der Waals surface area contributed by atoms with Gasteiger partial charge in [-0.05, 0) is 12.8 Å². The van der Waals surface area contributed by atoms with Crippen molar-refractivity contribution in [2.24, 2.45) is 0 Å². The number of amides is 1. The van der Waals surface area contributed by atoms with Crippen LogP contribution in [0.25, 0.3) is 11.3 Å². The molecule has 0 aliphatic carbocycles. The Morgan fingerprint density at radius 3 is 2.56 bits per heavy atom. The smallest absolute Gasteiger partial charge is 0.322 e. The van der Waals surface area contributed by atoms with Crippen molar-refractivity contribution in [3.05, 3.63) is 36.5 Å². The molecule has 0 unspecified atom stereocenters. The molecule has 0 radical (unpaired) electrons. The average Bonchev–Trinajstić information content (AvgIpc) is 3.10. The molecule has 0 atom stereocenters. The van der Waals surface area contributed by atoms with E-state index in [0.717, 1.165) is 37.2 Å². The number of likely N-dealkylation sites (tertiary alicyclic amines) is 1. The highest BCUT2D eigenvalue weighted by Crippen LogP contribution is 2.15. The van der Waals surface area contributed by atoms with Gasteiger partial charge in [-0.2, -0.15) is 5.10 Å². The minimum absolute atomic E-state index is 0.130. The van der Waals surface area contributed by atoms with Crippen molar-refractivity contribution in [1.82, 2.24) is 19.9 Å². The van der Waals surface area contributed by atoms with Crippen molar-refractivity contribution in [3.8, 4) is 11.3 Å². The molecule has 1 aliphatic heterocycles. The number of hydrogen-bond acceptors (Lipinski definition) is 3. The van der Waals surface area contributed by atoms with Gasteiger partial charge in [0, 0.05) is 18.7 Å². The third kappa shape index (κ3) is 1.99. The summed E-state index contributed by atoms with van der Waals surface area (Å²) in [7, 11) is 0. The van der Waals surface area contributed by atoms with Crippen molar-refractivity contribution in [1.29, 1.82) is 0 Å². The van der Waals surface area contributed by atoms with E-state index in [1.165, 1.54) is 4.80 Å². The van der Waals surface area contributed by atoms with Crippen LogP contribution in [0.2, 0.25) is 0 Å². The lowest BCUT2D eigenvalue weighted by atomic mass is 10.2. The summed E-state index contributed by atoms with van der Waals surface area (Å²) in [6, 6.07) is 9.61. The van der Waals surface area contributed by atoms with Gasteiger partial charge in [0.1, 0.15) is 5.69 Å². The molecule has 1 saturated heterocycles. The van der Waals surface area contributed by atoms with Gasteiger partial charge in [-0.15, -0.1) is 5.10 Å². The quantitative estimate of drug-likeness (QED) is 0.768. The summed E-state index contributed by atoms with van der Waals surface area (Å²) in [5, 5.41) is 8.29. The van der Waals surface area contributed by atoms with Crippen LogP contribution in [0.15, 0.2) is 36.5 Å². The average molecular weight is 242 g/mol. The van der Waals surface area contributed by atoms with Crippen LogP contribution in [-0.4, -0.2) is 39.0 Å². The van der Waals surface area contributed by atoms with Crippen molar-refractivity contribution >= 4 is 6.03 Å². The van der Waals surface area contributed by atoms with Crippen LogP contribution in [0, 0.1) is 0 Å². The van der Waals surface area contributed by atoms with E-state index >= 15 is 0 Å². The number of rotatable bonds is 1. The molecule has 0 bridgehead atoms. The summed E-state index contributed by atoms with van der Waals surface area (Å²) in [5.41, 5.74) is 1.70. The first-order chi connectivity index (χ1) is 8.84. The van der Waals surface area contributed by atoms with Gasteiger partial charge < -0.3 is 4.90 Å². The van der Waals surface area contributed by atoms with E-state index in [2.05, 4.69) is 10.2 Å². The van der Waals surface area contributed by atoms with Gasteiger partial charge in [-0.25, -0.2) is 4.79 Å². The van der Waals surface area contributed by atoms with E-state index in [1.54, 1.807) is 11.1 Å². The molecule has 92 valence electrons. The zero-order valence-electron chi connectivity index (χ0n) is 9.99. The van der Waals surface area contributed by atoms with Crippen LogP contribution in [-0.2, 0) is 0 Å². The van der Waals surface area contributed by atoms with Gasteiger partial charge in [0.2, 0.25) is 0 Å². The standard InChI is InChI=1S/C13H14N4O/c18-13(16-8-4-5-9-16)17-14-10-12(15-17)11-6-2-1-3-7-11/h1-3,6-7,10H,4-5,8-9H2. The van der Waals surface area contributed by atoms with Crippen LogP contribution in [0.1, 0.15) is 12.8 Å². The minimum atomic E-state index is -0.130. The SMILES string of the molecule is O=C(N1CCCC1)n1ncc(-c2ccccc2)n1. The van der Waals surface area contributed by atoms with Gasteiger partial charge in [-0.3, -0.25) is 0 Å². The fourth-order valence-corrected chi connectivity index (χ4v) is 2.13. The van der Waals surface area contributed by atoms with Crippen molar-refractivity contribution in [2.45, 2.75) is 12.8 Å². The lowest BCUT2D eigenvalue weighted by Gasteiger charge is -2.12. The first-order valence-electron chi connectivity index (χ1n) is 6.11. The molecule has 5 nitrogen and oxygen atoms in total. The highest BCUT2D eigenvalue weighted by molar-refractivity contribution is 5.75.